The second kappa shape index (κ2) is 7.34. The number of carbonyl (C=O) groups excluding carboxylic acids is 2. The fourth-order valence-corrected chi connectivity index (χ4v) is 2.86. The van der Waals surface area contributed by atoms with Gasteiger partial charge in [-0.2, -0.15) is 0 Å². The van der Waals surface area contributed by atoms with Crippen molar-refractivity contribution in [1.82, 2.24) is 5.32 Å². The lowest BCUT2D eigenvalue weighted by Gasteiger charge is -2.17. The molecule has 1 fully saturated rings. The minimum atomic E-state index is -0.604. The van der Waals surface area contributed by atoms with Crippen molar-refractivity contribution in [3.63, 3.8) is 0 Å². The largest absolute Gasteiger partial charge is 0.493 e. The molecule has 1 aliphatic heterocycles. The minimum Gasteiger partial charge on any atom is -0.493 e. The van der Waals surface area contributed by atoms with Gasteiger partial charge in [0.05, 0.1) is 12.2 Å². The molecule has 3 rings (SSSR count). The number of hydrogen-bond donors (Lipinski definition) is 1. The Kier molecular flexibility index (Phi) is 4.97. The van der Waals surface area contributed by atoms with Gasteiger partial charge in [0.25, 0.3) is 5.91 Å². The molecule has 0 bridgehead atoms. The summed E-state index contributed by atoms with van der Waals surface area (Å²) in [6.45, 7) is 2.77. The fraction of sp³-hybridized carbons (Fsp3) is 0.263. The molecular formula is C19H19FN2O3. The predicted molar refractivity (Wildman–Crippen MR) is 92.2 cm³/mol. The molecule has 5 nitrogen and oxygen atoms in total. The predicted octanol–water partition coefficient (Wildman–Crippen LogP) is 2.76. The quantitative estimate of drug-likeness (QED) is 0.909. The SMILES string of the molecule is CCOc1ccccc1C(=O)N[C@@H]1CCN(c2ccc(F)cc2)C1=O. The first-order valence-corrected chi connectivity index (χ1v) is 8.19. The zero-order valence-electron chi connectivity index (χ0n) is 13.9. The molecular weight excluding hydrogens is 323 g/mol. The van der Waals surface area contributed by atoms with Crippen LogP contribution < -0.4 is 15.0 Å². The van der Waals surface area contributed by atoms with Gasteiger partial charge in [0.1, 0.15) is 17.6 Å². The van der Waals surface area contributed by atoms with Gasteiger partial charge in [-0.05, 0) is 49.7 Å². The number of rotatable bonds is 5. The molecule has 1 atom stereocenters. The Morgan fingerprint density at radius 3 is 2.68 bits per heavy atom. The molecule has 2 aromatic rings. The first-order chi connectivity index (χ1) is 12.1. The van der Waals surface area contributed by atoms with Gasteiger partial charge < -0.3 is 15.0 Å². The van der Waals surface area contributed by atoms with Crippen LogP contribution in [0.4, 0.5) is 10.1 Å². The van der Waals surface area contributed by atoms with E-state index < -0.39 is 6.04 Å². The molecule has 0 spiro atoms. The topological polar surface area (TPSA) is 58.6 Å². The average molecular weight is 342 g/mol. The van der Waals surface area contributed by atoms with Crippen molar-refractivity contribution < 1.29 is 18.7 Å². The van der Waals surface area contributed by atoms with Crippen LogP contribution in [0.1, 0.15) is 23.7 Å². The molecule has 0 saturated carbocycles. The molecule has 130 valence electrons. The normalized spacial score (nSPS) is 16.8. The van der Waals surface area contributed by atoms with E-state index in [4.69, 9.17) is 4.74 Å². The van der Waals surface area contributed by atoms with E-state index in [-0.39, 0.29) is 17.6 Å². The highest BCUT2D eigenvalue weighted by Crippen LogP contribution is 2.23. The first-order valence-electron chi connectivity index (χ1n) is 8.19. The van der Waals surface area contributed by atoms with E-state index in [1.54, 1.807) is 41.3 Å². The molecule has 2 amide bonds. The molecule has 0 radical (unpaired) electrons. The van der Waals surface area contributed by atoms with E-state index in [2.05, 4.69) is 5.32 Å². The molecule has 1 N–H and O–H groups in total. The number of nitrogens with one attached hydrogen (secondary N) is 1. The number of halogens is 1. The zero-order valence-corrected chi connectivity index (χ0v) is 13.9. The van der Waals surface area contributed by atoms with E-state index in [9.17, 15) is 14.0 Å². The molecule has 0 unspecified atom stereocenters. The maximum atomic E-state index is 13.0. The van der Waals surface area contributed by atoms with E-state index in [0.717, 1.165) is 0 Å². The van der Waals surface area contributed by atoms with Crippen molar-refractivity contribution in [2.24, 2.45) is 0 Å². The Balaban J connectivity index is 1.71. The summed E-state index contributed by atoms with van der Waals surface area (Å²) in [6, 6.07) is 12.1. The second-order valence-corrected chi connectivity index (χ2v) is 5.71. The number of hydrogen-bond acceptors (Lipinski definition) is 3. The van der Waals surface area contributed by atoms with Crippen LogP contribution in [-0.2, 0) is 4.79 Å². The standard InChI is InChI=1S/C19H19FN2O3/c1-2-25-17-6-4-3-5-15(17)18(23)21-16-11-12-22(19(16)24)14-9-7-13(20)8-10-14/h3-10,16H,2,11-12H2,1H3,(H,21,23)/t16-/m1/s1. The van der Waals surface area contributed by atoms with Gasteiger partial charge in [0.2, 0.25) is 5.91 Å². The highest BCUT2D eigenvalue weighted by molar-refractivity contribution is 6.04. The van der Waals surface area contributed by atoms with Gasteiger partial charge in [0.15, 0.2) is 0 Å². The summed E-state index contributed by atoms with van der Waals surface area (Å²) >= 11 is 0. The van der Waals surface area contributed by atoms with Gasteiger partial charge in [-0.15, -0.1) is 0 Å². The molecule has 1 aliphatic rings. The molecule has 6 heteroatoms. The number of carbonyl (C=O) groups is 2. The number of nitrogens with zero attached hydrogens (tertiary/aromatic N) is 1. The average Bonchev–Trinajstić information content (AvgIpc) is 2.97. The molecule has 0 aliphatic carbocycles. The third-order valence-electron chi connectivity index (χ3n) is 4.08. The third-order valence-corrected chi connectivity index (χ3v) is 4.08. The lowest BCUT2D eigenvalue weighted by atomic mass is 10.1. The van der Waals surface area contributed by atoms with E-state index in [1.807, 2.05) is 6.92 Å². The Labute approximate surface area is 145 Å². The maximum absolute atomic E-state index is 13.0. The Hall–Kier alpha value is -2.89. The van der Waals surface area contributed by atoms with Gasteiger partial charge >= 0.3 is 0 Å². The fourth-order valence-electron chi connectivity index (χ4n) is 2.86. The summed E-state index contributed by atoms with van der Waals surface area (Å²) in [7, 11) is 0. The van der Waals surface area contributed by atoms with Crippen LogP contribution >= 0.6 is 0 Å². The van der Waals surface area contributed by atoms with Crippen LogP contribution in [0.25, 0.3) is 0 Å². The van der Waals surface area contributed by atoms with Gasteiger partial charge in [-0.25, -0.2) is 4.39 Å². The first kappa shape index (κ1) is 17.0. The smallest absolute Gasteiger partial charge is 0.255 e. The van der Waals surface area contributed by atoms with Crippen LogP contribution in [0.3, 0.4) is 0 Å². The van der Waals surface area contributed by atoms with E-state index in [0.29, 0.717) is 36.6 Å². The summed E-state index contributed by atoms with van der Waals surface area (Å²) in [6.07, 6.45) is 0.499. The van der Waals surface area contributed by atoms with Crippen molar-refractivity contribution >= 4 is 17.5 Å². The highest BCUT2D eigenvalue weighted by Gasteiger charge is 2.34. The monoisotopic (exact) mass is 342 g/mol. The van der Waals surface area contributed by atoms with Crippen LogP contribution in [0, 0.1) is 5.82 Å². The van der Waals surface area contributed by atoms with Crippen LogP contribution in [0.2, 0.25) is 0 Å². The zero-order chi connectivity index (χ0) is 17.8. The Morgan fingerprint density at radius 1 is 1.24 bits per heavy atom. The lowest BCUT2D eigenvalue weighted by molar-refractivity contribution is -0.118. The maximum Gasteiger partial charge on any atom is 0.255 e. The summed E-state index contributed by atoms with van der Waals surface area (Å²) in [4.78, 5) is 26.6. The molecule has 0 aromatic heterocycles. The lowest BCUT2D eigenvalue weighted by Crippen LogP contribution is -2.41. The third kappa shape index (κ3) is 3.63. The van der Waals surface area contributed by atoms with Crippen molar-refractivity contribution in [3.8, 4) is 5.75 Å². The molecule has 1 saturated heterocycles. The Bertz CT molecular complexity index is 776. The summed E-state index contributed by atoms with van der Waals surface area (Å²) in [5.74, 6) is -0.409. The molecule has 2 aromatic carbocycles. The summed E-state index contributed by atoms with van der Waals surface area (Å²) in [5, 5.41) is 2.77. The van der Waals surface area contributed by atoms with E-state index >= 15 is 0 Å². The van der Waals surface area contributed by atoms with Crippen molar-refractivity contribution in [1.29, 1.82) is 0 Å². The van der Waals surface area contributed by atoms with Crippen molar-refractivity contribution in [2.45, 2.75) is 19.4 Å². The number of ether oxygens (including phenoxy) is 1. The van der Waals surface area contributed by atoms with Crippen LogP contribution in [0.15, 0.2) is 48.5 Å². The minimum absolute atomic E-state index is 0.200. The number of anilines is 1. The summed E-state index contributed by atoms with van der Waals surface area (Å²) in [5.41, 5.74) is 1.02. The van der Waals surface area contributed by atoms with Crippen LogP contribution in [0.5, 0.6) is 5.75 Å². The molecule has 25 heavy (non-hydrogen) atoms. The van der Waals surface area contributed by atoms with Crippen molar-refractivity contribution in [2.75, 3.05) is 18.1 Å². The molecule has 1 heterocycles. The second-order valence-electron chi connectivity index (χ2n) is 5.71. The van der Waals surface area contributed by atoms with Crippen molar-refractivity contribution in [3.05, 3.63) is 59.9 Å². The highest BCUT2D eigenvalue weighted by atomic mass is 19.1. The number of benzene rings is 2. The summed E-state index contributed by atoms with van der Waals surface area (Å²) < 4.78 is 18.5. The van der Waals surface area contributed by atoms with Gasteiger partial charge in [-0.1, -0.05) is 12.1 Å². The van der Waals surface area contributed by atoms with E-state index in [1.165, 1.54) is 12.1 Å². The Morgan fingerprint density at radius 2 is 1.96 bits per heavy atom. The van der Waals surface area contributed by atoms with Crippen LogP contribution in [-0.4, -0.2) is 31.0 Å². The van der Waals surface area contributed by atoms with Gasteiger partial charge in [0, 0.05) is 12.2 Å². The number of amides is 2. The van der Waals surface area contributed by atoms with Gasteiger partial charge in [-0.3, -0.25) is 9.59 Å². The number of para-hydroxylation sites is 1.